The number of thiazole rings is 1. The first-order valence-electron chi connectivity index (χ1n) is 11.7. The number of nitrogens with zero attached hydrogens (tertiary/aromatic N) is 4. The van der Waals surface area contributed by atoms with Gasteiger partial charge in [-0.3, -0.25) is 10.1 Å². The third-order valence-electron chi connectivity index (χ3n) is 5.71. The van der Waals surface area contributed by atoms with Crippen LogP contribution in [0.1, 0.15) is 23.2 Å². The molecule has 0 aliphatic rings. The Labute approximate surface area is 225 Å². The van der Waals surface area contributed by atoms with Crippen molar-refractivity contribution in [3.63, 3.8) is 0 Å². The zero-order valence-electron chi connectivity index (χ0n) is 20.2. The van der Waals surface area contributed by atoms with Gasteiger partial charge in [-0.1, -0.05) is 54.6 Å². The number of sulfonamides is 1. The molecule has 1 aromatic heterocycles. The van der Waals surface area contributed by atoms with Gasteiger partial charge in [-0.25, -0.2) is 13.4 Å². The molecule has 0 saturated carbocycles. The third-order valence-corrected chi connectivity index (χ3v) is 8.38. The van der Waals surface area contributed by atoms with Crippen LogP contribution in [0.15, 0.2) is 89.1 Å². The highest BCUT2D eigenvalue weighted by atomic mass is 32.2. The molecule has 0 bridgehead atoms. The highest BCUT2D eigenvalue weighted by molar-refractivity contribution is 7.89. The average Bonchev–Trinajstić information content (AvgIpc) is 3.42. The molecule has 1 amide bonds. The maximum absolute atomic E-state index is 13.0. The highest BCUT2D eigenvalue weighted by Gasteiger charge is 2.24. The Morgan fingerprint density at radius 3 is 2.03 bits per heavy atom. The van der Waals surface area contributed by atoms with Gasteiger partial charge in [0.1, 0.15) is 0 Å². The minimum absolute atomic E-state index is 0.00981. The lowest BCUT2D eigenvalue weighted by Gasteiger charge is -2.20. The number of rotatable bonds is 10. The third kappa shape index (κ3) is 6.31. The fourth-order valence-electron chi connectivity index (χ4n) is 3.73. The van der Waals surface area contributed by atoms with Crippen LogP contribution in [-0.4, -0.2) is 36.7 Å². The highest BCUT2D eigenvalue weighted by Crippen LogP contribution is 2.28. The molecule has 4 aromatic rings. The molecule has 1 heterocycles. The molecule has 0 aliphatic carbocycles. The van der Waals surface area contributed by atoms with Gasteiger partial charge in [0, 0.05) is 42.4 Å². The summed E-state index contributed by atoms with van der Waals surface area (Å²) in [6.07, 6.45) is 0.0240. The number of benzene rings is 3. The van der Waals surface area contributed by atoms with Crippen molar-refractivity contribution in [2.45, 2.75) is 17.7 Å². The Morgan fingerprint density at radius 1 is 0.842 bits per heavy atom. The zero-order chi connectivity index (χ0) is 27.0. The molecule has 0 atom stereocenters. The fraction of sp³-hybridized carbons (Fsp3) is 0.143. The van der Waals surface area contributed by atoms with Crippen LogP contribution in [-0.2, 0) is 10.0 Å². The van der Waals surface area contributed by atoms with Crippen LogP contribution in [0.2, 0.25) is 0 Å². The number of hydrogen-bond acceptors (Lipinski definition) is 7. The molecule has 10 heteroatoms. The molecule has 1 N–H and O–H groups in total. The Bertz CT molecular complexity index is 1570. The summed E-state index contributed by atoms with van der Waals surface area (Å²) in [4.78, 5) is 17.3. The van der Waals surface area contributed by atoms with E-state index in [1.54, 1.807) is 0 Å². The van der Waals surface area contributed by atoms with E-state index in [-0.39, 0.29) is 36.4 Å². The molecule has 4 rings (SSSR count). The monoisotopic (exact) mass is 541 g/mol. The standard InChI is InChI=1S/C28H23N5O3S2/c29-16-4-18-33(19-5-17-30)38(35,36)25-14-12-24(13-15-25)27(34)32-28-31-26(20-37-28)23-10-8-22(9-11-23)21-6-2-1-3-7-21/h1-3,6-15,20H,4-5,18-19H2,(H,31,32,34). The maximum atomic E-state index is 13.0. The molecule has 0 aliphatic heterocycles. The topological polar surface area (TPSA) is 127 Å². The molecular formula is C28H23N5O3S2. The second-order valence-electron chi connectivity index (χ2n) is 8.18. The molecule has 0 fully saturated rings. The lowest BCUT2D eigenvalue weighted by Crippen LogP contribution is -2.32. The summed E-state index contributed by atoms with van der Waals surface area (Å²) in [5, 5.41) is 22.7. The van der Waals surface area contributed by atoms with Gasteiger partial charge < -0.3 is 0 Å². The Kier molecular flexibility index (Phi) is 8.62. The van der Waals surface area contributed by atoms with Crippen molar-refractivity contribution in [2.24, 2.45) is 0 Å². The number of nitrogens with one attached hydrogen (secondary N) is 1. The van der Waals surface area contributed by atoms with Crippen molar-refractivity contribution < 1.29 is 13.2 Å². The van der Waals surface area contributed by atoms with E-state index in [4.69, 9.17) is 10.5 Å². The summed E-state index contributed by atoms with van der Waals surface area (Å²) < 4.78 is 27.0. The molecule has 8 nitrogen and oxygen atoms in total. The molecule has 38 heavy (non-hydrogen) atoms. The lowest BCUT2D eigenvalue weighted by atomic mass is 10.0. The van der Waals surface area contributed by atoms with Crippen molar-refractivity contribution >= 4 is 32.4 Å². The number of carbonyl (C=O) groups is 1. The van der Waals surface area contributed by atoms with E-state index in [1.807, 2.05) is 72.1 Å². The first kappa shape index (κ1) is 26.7. The number of amides is 1. The summed E-state index contributed by atoms with van der Waals surface area (Å²) in [6.45, 7) is -0.0196. The quantitative estimate of drug-likeness (QED) is 0.281. The summed E-state index contributed by atoms with van der Waals surface area (Å²) in [7, 11) is -3.91. The number of hydrogen-bond donors (Lipinski definition) is 1. The SMILES string of the molecule is N#CCCN(CCC#N)S(=O)(=O)c1ccc(C(=O)Nc2nc(-c3ccc(-c4ccccc4)cc3)cs2)cc1. The molecule has 190 valence electrons. The van der Waals surface area contributed by atoms with E-state index in [1.165, 1.54) is 35.6 Å². The normalized spacial score (nSPS) is 11.0. The summed E-state index contributed by atoms with van der Waals surface area (Å²) in [6, 6.07) is 27.5. The lowest BCUT2D eigenvalue weighted by molar-refractivity contribution is 0.102. The van der Waals surface area contributed by atoms with Gasteiger partial charge in [-0.15, -0.1) is 11.3 Å². The molecular weight excluding hydrogens is 518 g/mol. The Morgan fingerprint density at radius 2 is 1.42 bits per heavy atom. The fourth-order valence-corrected chi connectivity index (χ4v) is 5.88. The van der Waals surface area contributed by atoms with Gasteiger partial charge in [0.2, 0.25) is 10.0 Å². The van der Waals surface area contributed by atoms with E-state index in [9.17, 15) is 13.2 Å². The molecule has 0 radical (unpaired) electrons. The van der Waals surface area contributed by atoms with Gasteiger partial charge >= 0.3 is 0 Å². The minimum Gasteiger partial charge on any atom is -0.298 e. The number of anilines is 1. The van der Waals surface area contributed by atoms with Crippen LogP contribution in [0.25, 0.3) is 22.4 Å². The van der Waals surface area contributed by atoms with Gasteiger partial charge in [-0.05, 0) is 35.4 Å². The van der Waals surface area contributed by atoms with Crippen molar-refractivity contribution in [1.82, 2.24) is 9.29 Å². The average molecular weight is 542 g/mol. The number of aromatic nitrogens is 1. The van der Waals surface area contributed by atoms with Crippen molar-refractivity contribution in [2.75, 3.05) is 18.4 Å². The van der Waals surface area contributed by atoms with Crippen LogP contribution in [0.5, 0.6) is 0 Å². The van der Waals surface area contributed by atoms with E-state index in [0.29, 0.717) is 5.13 Å². The van der Waals surface area contributed by atoms with E-state index in [2.05, 4.69) is 10.3 Å². The number of carbonyl (C=O) groups excluding carboxylic acids is 1. The summed E-state index contributed by atoms with van der Waals surface area (Å²) in [5.74, 6) is -0.417. The molecule has 0 unspecified atom stereocenters. The predicted molar refractivity (Wildman–Crippen MR) is 147 cm³/mol. The second-order valence-corrected chi connectivity index (χ2v) is 11.0. The van der Waals surface area contributed by atoms with Gasteiger partial charge in [0.05, 0.1) is 22.7 Å². The summed E-state index contributed by atoms with van der Waals surface area (Å²) >= 11 is 1.30. The zero-order valence-corrected chi connectivity index (χ0v) is 21.9. The number of nitriles is 2. The Balaban J connectivity index is 1.43. The largest absolute Gasteiger partial charge is 0.298 e. The molecule has 3 aromatic carbocycles. The predicted octanol–water partition coefficient (Wildman–Crippen LogP) is 5.55. The first-order chi connectivity index (χ1) is 18.4. The van der Waals surface area contributed by atoms with Crippen LogP contribution in [0, 0.1) is 22.7 Å². The van der Waals surface area contributed by atoms with Crippen LogP contribution >= 0.6 is 11.3 Å². The van der Waals surface area contributed by atoms with E-state index >= 15 is 0 Å². The van der Waals surface area contributed by atoms with Crippen molar-refractivity contribution in [3.05, 3.63) is 89.8 Å². The second kappa shape index (κ2) is 12.3. The van der Waals surface area contributed by atoms with Gasteiger partial charge in [0.15, 0.2) is 5.13 Å². The Hall–Kier alpha value is -4.35. The van der Waals surface area contributed by atoms with E-state index < -0.39 is 15.9 Å². The van der Waals surface area contributed by atoms with E-state index in [0.717, 1.165) is 26.7 Å². The summed E-state index contributed by atoms with van der Waals surface area (Å²) in [5.41, 5.74) is 4.16. The smallest absolute Gasteiger partial charge is 0.257 e. The van der Waals surface area contributed by atoms with Gasteiger partial charge in [0.25, 0.3) is 5.91 Å². The minimum atomic E-state index is -3.91. The van der Waals surface area contributed by atoms with Crippen LogP contribution in [0.3, 0.4) is 0 Å². The van der Waals surface area contributed by atoms with Crippen molar-refractivity contribution in [3.8, 4) is 34.5 Å². The maximum Gasteiger partial charge on any atom is 0.257 e. The van der Waals surface area contributed by atoms with Gasteiger partial charge in [-0.2, -0.15) is 14.8 Å². The van der Waals surface area contributed by atoms with Crippen LogP contribution in [0.4, 0.5) is 5.13 Å². The van der Waals surface area contributed by atoms with Crippen LogP contribution < -0.4 is 5.32 Å². The molecule has 0 spiro atoms. The van der Waals surface area contributed by atoms with Crippen molar-refractivity contribution in [1.29, 1.82) is 10.5 Å². The first-order valence-corrected chi connectivity index (χ1v) is 14.0. The molecule has 0 saturated heterocycles.